The number of aromatic nitrogens is 3. The quantitative estimate of drug-likeness (QED) is 0.830. The summed E-state index contributed by atoms with van der Waals surface area (Å²) in [6, 6.07) is 0. The maximum atomic E-state index is 11.6. The first kappa shape index (κ1) is 11.6. The predicted molar refractivity (Wildman–Crippen MR) is 65.3 cm³/mol. The smallest absolute Gasteiger partial charge is 0.242 e. The number of thiazole rings is 1. The predicted octanol–water partition coefficient (Wildman–Crippen LogP) is 0.547. The van der Waals surface area contributed by atoms with Crippen molar-refractivity contribution in [1.82, 2.24) is 20.1 Å². The number of carbonyl (C=O) groups excluding carboxylic acids is 1. The Morgan fingerprint density at radius 2 is 2.47 bits per heavy atom. The summed E-state index contributed by atoms with van der Waals surface area (Å²) in [6.07, 6.45) is 3.54. The first-order chi connectivity index (χ1) is 8.13. The van der Waals surface area contributed by atoms with Crippen LogP contribution in [0.1, 0.15) is 11.3 Å². The van der Waals surface area contributed by atoms with E-state index in [9.17, 15) is 4.79 Å². The summed E-state index contributed by atoms with van der Waals surface area (Å²) in [4.78, 5) is 15.6. The van der Waals surface area contributed by atoms with E-state index < -0.39 is 0 Å². The minimum atomic E-state index is -0.0975. The fraction of sp³-hybridized carbons (Fsp3) is 0.300. The van der Waals surface area contributed by atoms with Gasteiger partial charge in [0.2, 0.25) is 5.91 Å². The summed E-state index contributed by atoms with van der Waals surface area (Å²) in [5.41, 5.74) is 7.30. The van der Waals surface area contributed by atoms with Gasteiger partial charge in [0.15, 0.2) is 5.13 Å². The molecule has 2 rings (SSSR count). The molecule has 0 saturated heterocycles. The van der Waals surface area contributed by atoms with E-state index in [2.05, 4.69) is 15.4 Å². The minimum absolute atomic E-state index is 0.0975. The average molecular weight is 251 g/mol. The third kappa shape index (κ3) is 3.28. The van der Waals surface area contributed by atoms with Crippen molar-refractivity contribution < 1.29 is 4.79 Å². The van der Waals surface area contributed by atoms with Gasteiger partial charge in [-0.1, -0.05) is 0 Å². The van der Waals surface area contributed by atoms with Gasteiger partial charge in [0.1, 0.15) is 6.54 Å². The van der Waals surface area contributed by atoms with E-state index in [4.69, 9.17) is 5.73 Å². The second kappa shape index (κ2) is 4.96. The van der Waals surface area contributed by atoms with Crippen LogP contribution in [0.3, 0.4) is 0 Å². The number of nitrogens with one attached hydrogen (secondary N) is 1. The Hall–Kier alpha value is -1.89. The van der Waals surface area contributed by atoms with Crippen molar-refractivity contribution in [3.63, 3.8) is 0 Å². The second-order valence-corrected chi connectivity index (χ2v) is 4.56. The summed E-state index contributed by atoms with van der Waals surface area (Å²) in [7, 11) is 0. The molecular weight excluding hydrogens is 238 g/mol. The van der Waals surface area contributed by atoms with E-state index in [0.29, 0.717) is 11.7 Å². The average Bonchev–Trinajstić information content (AvgIpc) is 2.85. The van der Waals surface area contributed by atoms with Gasteiger partial charge >= 0.3 is 0 Å². The highest BCUT2D eigenvalue weighted by atomic mass is 32.1. The summed E-state index contributed by atoms with van der Waals surface area (Å²) >= 11 is 1.36. The largest absolute Gasteiger partial charge is 0.375 e. The van der Waals surface area contributed by atoms with Crippen LogP contribution in [0.4, 0.5) is 5.13 Å². The molecule has 3 N–H and O–H groups in total. The number of nitrogens with zero attached hydrogens (tertiary/aromatic N) is 3. The van der Waals surface area contributed by atoms with Crippen molar-refractivity contribution >= 4 is 22.4 Å². The molecule has 0 saturated carbocycles. The molecule has 7 heteroatoms. The van der Waals surface area contributed by atoms with Gasteiger partial charge in [-0.2, -0.15) is 5.10 Å². The first-order valence-corrected chi connectivity index (χ1v) is 5.97. The third-order valence-corrected chi connectivity index (χ3v) is 2.83. The molecule has 2 aromatic rings. The van der Waals surface area contributed by atoms with Crippen molar-refractivity contribution in [2.24, 2.45) is 0 Å². The van der Waals surface area contributed by atoms with Crippen LogP contribution in [0, 0.1) is 6.92 Å². The summed E-state index contributed by atoms with van der Waals surface area (Å²) in [5.74, 6) is -0.0975. The molecule has 0 fully saturated rings. The molecule has 0 bridgehead atoms. The van der Waals surface area contributed by atoms with Crippen LogP contribution in [-0.4, -0.2) is 20.7 Å². The number of nitrogens with two attached hydrogens (primary N) is 1. The molecule has 17 heavy (non-hydrogen) atoms. The van der Waals surface area contributed by atoms with Gasteiger partial charge in [-0.15, -0.1) is 11.3 Å². The van der Waals surface area contributed by atoms with Crippen LogP contribution in [-0.2, 0) is 17.9 Å². The zero-order valence-corrected chi connectivity index (χ0v) is 10.2. The van der Waals surface area contributed by atoms with E-state index in [1.165, 1.54) is 11.3 Å². The van der Waals surface area contributed by atoms with Crippen molar-refractivity contribution in [1.29, 1.82) is 0 Å². The van der Waals surface area contributed by atoms with E-state index in [-0.39, 0.29) is 12.5 Å². The number of rotatable bonds is 4. The highest BCUT2D eigenvalue weighted by molar-refractivity contribution is 7.13. The third-order valence-electron chi connectivity index (χ3n) is 2.10. The summed E-state index contributed by atoms with van der Waals surface area (Å²) < 4.78 is 1.60. The monoisotopic (exact) mass is 251 g/mol. The van der Waals surface area contributed by atoms with Gasteiger partial charge in [-0.05, 0) is 12.5 Å². The topological polar surface area (TPSA) is 85.8 Å². The molecule has 0 unspecified atom stereocenters. The van der Waals surface area contributed by atoms with Crippen LogP contribution >= 0.6 is 11.3 Å². The fourth-order valence-electron chi connectivity index (χ4n) is 1.35. The molecule has 0 atom stereocenters. The van der Waals surface area contributed by atoms with Crippen LogP contribution in [0.15, 0.2) is 17.8 Å². The van der Waals surface area contributed by atoms with E-state index in [1.54, 1.807) is 10.9 Å². The van der Waals surface area contributed by atoms with Gasteiger partial charge in [0, 0.05) is 11.6 Å². The Labute approximate surface area is 102 Å². The number of hydrogen-bond acceptors (Lipinski definition) is 5. The van der Waals surface area contributed by atoms with Gasteiger partial charge < -0.3 is 11.1 Å². The molecule has 0 aliphatic rings. The molecule has 0 spiro atoms. The molecule has 90 valence electrons. The minimum Gasteiger partial charge on any atom is -0.375 e. The Bertz CT molecular complexity index is 518. The van der Waals surface area contributed by atoms with E-state index in [1.807, 2.05) is 18.5 Å². The summed E-state index contributed by atoms with van der Waals surface area (Å²) in [5, 5.41) is 9.13. The van der Waals surface area contributed by atoms with Crippen LogP contribution in [0.5, 0.6) is 0 Å². The van der Waals surface area contributed by atoms with E-state index >= 15 is 0 Å². The van der Waals surface area contributed by atoms with Gasteiger partial charge in [0.25, 0.3) is 0 Å². The number of nitrogen functional groups attached to an aromatic ring is 1. The van der Waals surface area contributed by atoms with Crippen LogP contribution < -0.4 is 11.1 Å². The lowest BCUT2D eigenvalue weighted by atomic mass is 10.4. The number of amides is 1. The van der Waals surface area contributed by atoms with Gasteiger partial charge in [-0.25, -0.2) is 4.98 Å². The van der Waals surface area contributed by atoms with Crippen molar-refractivity contribution in [2.75, 3.05) is 5.73 Å². The van der Waals surface area contributed by atoms with E-state index in [0.717, 1.165) is 11.3 Å². The molecule has 0 aliphatic carbocycles. The Balaban J connectivity index is 1.82. The van der Waals surface area contributed by atoms with Gasteiger partial charge in [-0.3, -0.25) is 9.48 Å². The molecule has 6 nitrogen and oxygen atoms in total. The zero-order chi connectivity index (χ0) is 12.3. The standard InChI is InChI=1S/C10H13N5OS/c1-7-2-13-15(4-7)5-9(16)12-3-8-6-17-10(11)14-8/h2,4,6H,3,5H2,1H3,(H2,11,14)(H,12,16). The Kier molecular flexibility index (Phi) is 3.38. The number of carbonyl (C=O) groups is 1. The highest BCUT2D eigenvalue weighted by Gasteiger charge is 2.05. The normalized spacial score (nSPS) is 10.4. The number of anilines is 1. The number of hydrogen-bond donors (Lipinski definition) is 2. The lowest BCUT2D eigenvalue weighted by Crippen LogP contribution is -2.27. The van der Waals surface area contributed by atoms with Crippen LogP contribution in [0.25, 0.3) is 0 Å². The summed E-state index contributed by atoms with van der Waals surface area (Å²) in [6.45, 7) is 2.54. The SMILES string of the molecule is Cc1cnn(CC(=O)NCc2csc(N)n2)c1. The second-order valence-electron chi connectivity index (χ2n) is 3.67. The van der Waals surface area contributed by atoms with Crippen molar-refractivity contribution in [2.45, 2.75) is 20.0 Å². The Morgan fingerprint density at radius 1 is 1.65 bits per heavy atom. The maximum Gasteiger partial charge on any atom is 0.242 e. The highest BCUT2D eigenvalue weighted by Crippen LogP contribution is 2.10. The van der Waals surface area contributed by atoms with Crippen molar-refractivity contribution in [3.05, 3.63) is 29.0 Å². The fourth-order valence-corrected chi connectivity index (χ4v) is 1.91. The van der Waals surface area contributed by atoms with Crippen molar-refractivity contribution in [3.8, 4) is 0 Å². The maximum absolute atomic E-state index is 11.6. The zero-order valence-electron chi connectivity index (χ0n) is 9.38. The Morgan fingerprint density at radius 3 is 3.06 bits per heavy atom. The molecular formula is C10H13N5OS. The molecule has 0 radical (unpaired) electrons. The molecule has 2 aromatic heterocycles. The molecule has 0 aromatic carbocycles. The molecule has 1 amide bonds. The lowest BCUT2D eigenvalue weighted by molar-refractivity contribution is -0.122. The molecule has 2 heterocycles. The molecule has 0 aliphatic heterocycles. The lowest BCUT2D eigenvalue weighted by Gasteiger charge is -2.03. The van der Waals surface area contributed by atoms with Crippen LogP contribution in [0.2, 0.25) is 0 Å². The van der Waals surface area contributed by atoms with Gasteiger partial charge in [0.05, 0.1) is 18.4 Å². The first-order valence-electron chi connectivity index (χ1n) is 5.09. The number of aryl methyl sites for hydroxylation is 1.